The van der Waals surface area contributed by atoms with Gasteiger partial charge in [-0.1, -0.05) is 31.2 Å². The Bertz CT molecular complexity index is 421. The fraction of sp³-hybridized carbons (Fsp3) is 0.667. The molecule has 1 aliphatic heterocycles. The van der Waals surface area contributed by atoms with E-state index in [1.54, 1.807) is 0 Å². The van der Waals surface area contributed by atoms with Crippen LogP contribution in [0.25, 0.3) is 0 Å². The number of likely N-dealkylation sites (tertiary alicyclic amines) is 1. The van der Waals surface area contributed by atoms with E-state index in [0.717, 1.165) is 32.5 Å². The molecule has 2 unspecified atom stereocenters. The standard InChI is InChI=1S/C18H30N2O/c1-3-13-21-16-8-6-11-20(14-16)12-10-18(19)17-9-5-4-7-15(17)2/h4-5,7,9,16,18H,3,6,8,10-14,19H2,1-2H3. The number of nitrogens with two attached hydrogens (primary N) is 1. The van der Waals surface area contributed by atoms with Crippen molar-refractivity contribution in [2.24, 2.45) is 5.73 Å². The summed E-state index contributed by atoms with van der Waals surface area (Å²) in [6.07, 6.45) is 5.00. The molecule has 118 valence electrons. The SMILES string of the molecule is CCCOC1CCCN(CCC(N)c2ccccc2C)C1. The molecule has 0 aromatic heterocycles. The number of piperidine rings is 1. The summed E-state index contributed by atoms with van der Waals surface area (Å²) in [6.45, 7) is 8.53. The fourth-order valence-electron chi connectivity index (χ4n) is 3.12. The van der Waals surface area contributed by atoms with Crippen molar-refractivity contribution in [3.63, 3.8) is 0 Å². The third-order valence-corrected chi connectivity index (χ3v) is 4.36. The molecule has 1 aliphatic rings. The molecule has 0 bridgehead atoms. The van der Waals surface area contributed by atoms with Crippen LogP contribution in [0, 0.1) is 6.92 Å². The van der Waals surface area contributed by atoms with Crippen molar-refractivity contribution in [2.45, 2.75) is 51.7 Å². The van der Waals surface area contributed by atoms with E-state index in [-0.39, 0.29) is 6.04 Å². The highest BCUT2D eigenvalue weighted by Gasteiger charge is 2.20. The first-order chi connectivity index (χ1) is 10.2. The van der Waals surface area contributed by atoms with Gasteiger partial charge in [0.05, 0.1) is 6.10 Å². The van der Waals surface area contributed by atoms with E-state index in [1.807, 2.05) is 0 Å². The maximum Gasteiger partial charge on any atom is 0.0702 e. The first-order valence-corrected chi connectivity index (χ1v) is 8.35. The second-order valence-corrected chi connectivity index (χ2v) is 6.19. The summed E-state index contributed by atoms with van der Waals surface area (Å²) in [5.74, 6) is 0. The van der Waals surface area contributed by atoms with Crippen LogP contribution >= 0.6 is 0 Å². The largest absolute Gasteiger partial charge is 0.377 e. The minimum atomic E-state index is 0.142. The molecule has 0 saturated carbocycles. The summed E-state index contributed by atoms with van der Waals surface area (Å²) in [5, 5.41) is 0. The molecule has 1 fully saturated rings. The van der Waals surface area contributed by atoms with E-state index in [4.69, 9.17) is 10.5 Å². The number of hydrogen-bond acceptors (Lipinski definition) is 3. The van der Waals surface area contributed by atoms with Crippen LogP contribution in [0.2, 0.25) is 0 Å². The first kappa shape index (κ1) is 16.5. The van der Waals surface area contributed by atoms with Gasteiger partial charge in [-0.05, 0) is 50.3 Å². The Labute approximate surface area is 129 Å². The van der Waals surface area contributed by atoms with E-state index in [2.05, 4.69) is 43.0 Å². The van der Waals surface area contributed by atoms with Crippen LogP contribution in [-0.2, 0) is 4.74 Å². The zero-order chi connectivity index (χ0) is 15.1. The van der Waals surface area contributed by atoms with Gasteiger partial charge in [0.1, 0.15) is 0 Å². The molecule has 1 aromatic rings. The predicted octanol–water partition coefficient (Wildman–Crippen LogP) is 3.28. The minimum Gasteiger partial charge on any atom is -0.377 e. The van der Waals surface area contributed by atoms with Crippen LogP contribution in [0.1, 0.15) is 49.8 Å². The molecule has 3 heteroatoms. The molecular formula is C18H30N2O. The van der Waals surface area contributed by atoms with E-state index in [0.29, 0.717) is 6.10 Å². The molecule has 0 radical (unpaired) electrons. The molecule has 1 saturated heterocycles. The maximum atomic E-state index is 6.37. The third-order valence-electron chi connectivity index (χ3n) is 4.36. The number of ether oxygens (including phenoxy) is 1. The van der Waals surface area contributed by atoms with Crippen LogP contribution in [-0.4, -0.2) is 37.2 Å². The van der Waals surface area contributed by atoms with E-state index in [9.17, 15) is 0 Å². The quantitative estimate of drug-likeness (QED) is 0.837. The zero-order valence-electron chi connectivity index (χ0n) is 13.6. The highest BCUT2D eigenvalue weighted by atomic mass is 16.5. The van der Waals surface area contributed by atoms with Crippen molar-refractivity contribution < 1.29 is 4.74 Å². The lowest BCUT2D eigenvalue weighted by Crippen LogP contribution is -2.40. The molecular weight excluding hydrogens is 260 g/mol. The average molecular weight is 290 g/mol. The van der Waals surface area contributed by atoms with Crippen LogP contribution < -0.4 is 5.73 Å². The van der Waals surface area contributed by atoms with Gasteiger partial charge in [-0.25, -0.2) is 0 Å². The lowest BCUT2D eigenvalue weighted by atomic mass is 9.99. The average Bonchev–Trinajstić information content (AvgIpc) is 2.51. The Morgan fingerprint density at radius 1 is 1.38 bits per heavy atom. The van der Waals surface area contributed by atoms with Crippen LogP contribution in [0.15, 0.2) is 24.3 Å². The summed E-state index contributed by atoms with van der Waals surface area (Å²) < 4.78 is 5.90. The summed E-state index contributed by atoms with van der Waals surface area (Å²) in [5.41, 5.74) is 8.95. The Morgan fingerprint density at radius 3 is 2.95 bits per heavy atom. The number of aryl methyl sites for hydroxylation is 1. The van der Waals surface area contributed by atoms with Crippen LogP contribution in [0.3, 0.4) is 0 Å². The van der Waals surface area contributed by atoms with Gasteiger partial charge in [-0.3, -0.25) is 0 Å². The topological polar surface area (TPSA) is 38.5 Å². The third kappa shape index (κ3) is 5.10. The predicted molar refractivity (Wildman–Crippen MR) is 88.4 cm³/mol. The van der Waals surface area contributed by atoms with Crippen LogP contribution in [0.5, 0.6) is 0 Å². The van der Waals surface area contributed by atoms with Crippen molar-refractivity contribution >= 4 is 0 Å². The summed E-state index contributed by atoms with van der Waals surface area (Å²) in [6, 6.07) is 8.60. The van der Waals surface area contributed by atoms with E-state index in [1.165, 1.54) is 30.5 Å². The van der Waals surface area contributed by atoms with Crippen molar-refractivity contribution in [3.05, 3.63) is 35.4 Å². The number of rotatable bonds is 7. The number of hydrogen-bond donors (Lipinski definition) is 1. The smallest absolute Gasteiger partial charge is 0.0702 e. The lowest BCUT2D eigenvalue weighted by Gasteiger charge is -2.33. The van der Waals surface area contributed by atoms with Gasteiger partial charge in [-0.2, -0.15) is 0 Å². The minimum absolute atomic E-state index is 0.142. The molecule has 21 heavy (non-hydrogen) atoms. The lowest BCUT2D eigenvalue weighted by molar-refractivity contribution is -0.000629. The van der Waals surface area contributed by atoms with Gasteiger partial charge in [0.25, 0.3) is 0 Å². The molecule has 1 aromatic carbocycles. The highest BCUT2D eigenvalue weighted by molar-refractivity contribution is 5.28. The van der Waals surface area contributed by atoms with Crippen molar-refractivity contribution in [1.82, 2.24) is 4.90 Å². The Morgan fingerprint density at radius 2 is 2.19 bits per heavy atom. The Balaban J connectivity index is 1.78. The molecule has 0 aliphatic carbocycles. The van der Waals surface area contributed by atoms with Crippen LogP contribution in [0.4, 0.5) is 0 Å². The molecule has 0 spiro atoms. The van der Waals surface area contributed by atoms with E-state index < -0.39 is 0 Å². The summed E-state index contributed by atoms with van der Waals surface area (Å²) in [4.78, 5) is 2.52. The summed E-state index contributed by atoms with van der Waals surface area (Å²) >= 11 is 0. The molecule has 0 amide bonds. The van der Waals surface area contributed by atoms with Gasteiger partial charge in [-0.15, -0.1) is 0 Å². The first-order valence-electron chi connectivity index (χ1n) is 8.35. The highest BCUT2D eigenvalue weighted by Crippen LogP contribution is 2.20. The van der Waals surface area contributed by atoms with Gasteiger partial charge in [0.15, 0.2) is 0 Å². The van der Waals surface area contributed by atoms with Crippen molar-refractivity contribution in [1.29, 1.82) is 0 Å². The molecule has 2 atom stereocenters. The van der Waals surface area contributed by atoms with Crippen molar-refractivity contribution in [3.8, 4) is 0 Å². The monoisotopic (exact) mass is 290 g/mol. The number of benzene rings is 1. The summed E-state index contributed by atoms with van der Waals surface area (Å²) in [7, 11) is 0. The maximum absolute atomic E-state index is 6.37. The zero-order valence-corrected chi connectivity index (χ0v) is 13.6. The second kappa shape index (κ2) is 8.52. The Kier molecular flexibility index (Phi) is 6.68. The van der Waals surface area contributed by atoms with Gasteiger partial charge in [0.2, 0.25) is 0 Å². The van der Waals surface area contributed by atoms with E-state index >= 15 is 0 Å². The second-order valence-electron chi connectivity index (χ2n) is 6.19. The molecule has 3 nitrogen and oxygen atoms in total. The van der Waals surface area contributed by atoms with Gasteiger partial charge in [0, 0.05) is 25.7 Å². The van der Waals surface area contributed by atoms with Gasteiger partial charge >= 0.3 is 0 Å². The molecule has 2 rings (SSSR count). The van der Waals surface area contributed by atoms with Gasteiger partial charge < -0.3 is 15.4 Å². The molecule has 2 N–H and O–H groups in total. The fourth-order valence-corrected chi connectivity index (χ4v) is 3.12. The normalized spacial score (nSPS) is 21.4. The number of nitrogens with zero attached hydrogens (tertiary/aromatic N) is 1. The molecule has 1 heterocycles. The van der Waals surface area contributed by atoms with Crippen molar-refractivity contribution in [2.75, 3.05) is 26.2 Å². The Hall–Kier alpha value is -0.900.